The van der Waals surface area contributed by atoms with Crippen LogP contribution in [-0.4, -0.2) is 53.6 Å². The summed E-state index contributed by atoms with van der Waals surface area (Å²) in [5, 5.41) is 9.19. The van der Waals surface area contributed by atoms with E-state index in [9.17, 15) is 14.3 Å². The molecule has 0 aromatic heterocycles. The number of rotatable bonds is 6. The van der Waals surface area contributed by atoms with Crippen LogP contribution in [0.15, 0.2) is 24.3 Å². The Kier molecular flexibility index (Phi) is 6.54. The van der Waals surface area contributed by atoms with E-state index in [1.165, 1.54) is 12.1 Å². The molecule has 1 aromatic carbocycles. The molecule has 4 nitrogen and oxygen atoms in total. The number of hydrogen-bond donors (Lipinski definition) is 1. The van der Waals surface area contributed by atoms with Crippen molar-refractivity contribution in [1.29, 1.82) is 0 Å². The topological polar surface area (TPSA) is 43.8 Å². The van der Waals surface area contributed by atoms with E-state index in [0.29, 0.717) is 12.6 Å². The van der Waals surface area contributed by atoms with Gasteiger partial charge >= 0.3 is 0 Å². The largest absolute Gasteiger partial charge is 0.396 e. The van der Waals surface area contributed by atoms with Gasteiger partial charge in [0.2, 0.25) is 5.91 Å². The Labute approximate surface area is 137 Å². The third-order valence-electron chi connectivity index (χ3n) is 4.88. The zero-order chi connectivity index (χ0) is 16.8. The molecule has 0 spiro atoms. The summed E-state index contributed by atoms with van der Waals surface area (Å²) < 4.78 is 13.0. The molecule has 1 fully saturated rings. The second kappa shape index (κ2) is 8.41. The van der Waals surface area contributed by atoms with Crippen LogP contribution in [0, 0.1) is 5.82 Å². The van der Waals surface area contributed by atoms with Crippen LogP contribution in [0.4, 0.5) is 4.39 Å². The molecule has 1 N–H and O–H groups in total. The number of piperidine rings is 1. The number of likely N-dealkylation sites (N-methyl/N-ethyl adjacent to an activating group) is 1. The number of hydrogen-bond acceptors (Lipinski definition) is 3. The number of aliphatic hydroxyl groups is 1. The molecule has 0 bridgehead atoms. The molecule has 0 aliphatic carbocycles. The summed E-state index contributed by atoms with van der Waals surface area (Å²) in [7, 11) is 1.79. The Hall–Kier alpha value is -1.46. The van der Waals surface area contributed by atoms with Crippen molar-refractivity contribution < 1.29 is 14.3 Å². The lowest BCUT2D eigenvalue weighted by atomic mass is 9.99. The summed E-state index contributed by atoms with van der Waals surface area (Å²) in [4.78, 5) is 16.5. The van der Waals surface area contributed by atoms with Crippen molar-refractivity contribution in [2.45, 2.75) is 44.7 Å². The molecule has 1 amide bonds. The van der Waals surface area contributed by atoms with E-state index in [-0.39, 0.29) is 24.4 Å². The first-order valence-electron chi connectivity index (χ1n) is 8.39. The lowest BCUT2D eigenvalue weighted by Gasteiger charge is -2.36. The molecule has 2 atom stereocenters. The van der Waals surface area contributed by atoms with Crippen molar-refractivity contribution in [2.24, 2.45) is 0 Å². The smallest absolute Gasteiger partial charge is 0.237 e. The number of benzene rings is 1. The third kappa shape index (κ3) is 4.75. The minimum atomic E-state index is -0.268. The third-order valence-corrected chi connectivity index (χ3v) is 4.88. The zero-order valence-corrected chi connectivity index (χ0v) is 14.0. The van der Waals surface area contributed by atoms with Crippen LogP contribution in [0.1, 0.15) is 44.2 Å². The maximum atomic E-state index is 13.0. The second-order valence-corrected chi connectivity index (χ2v) is 6.36. The lowest BCUT2D eigenvalue weighted by Crippen LogP contribution is -2.46. The fourth-order valence-electron chi connectivity index (χ4n) is 3.21. The molecule has 1 aliphatic rings. The molecule has 5 heteroatoms. The van der Waals surface area contributed by atoms with E-state index in [1.54, 1.807) is 24.1 Å². The minimum Gasteiger partial charge on any atom is -0.396 e. The van der Waals surface area contributed by atoms with Gasteiger partial charge in [-0.1, -0.05) is 18.6 Å². The highest BCUT2D eigenvalue weighted by Gasteiger charge is 2.26. The summed E-state index contributed by atoms with van der Waals surface area (Å²) in [6, 6.07) is 6.49. The molecule has 0 unspecified atom stereocenters. The fourth-order valence-corrected chi connectivity index (χ4v) is 3.21. The van der Waals surface area contributed by atoms with Gasteiger partial charge in [-0.05, 0) is 50.4 Å². The number of likely N-dealkylation sites (tertiary alicyclic amines) is 1. The molecule has 2 rings (SSSR count). The molecule has 0 radical (unpaired) electrons. The highest BCUT2D eigenvalue weighted by molar-refractivity contribution is 5.78. The lowest BCUT2D eigenvalue weighted by molar-refractivity contribution is -0.134. The van der Waals surface area contributed by atoms with Crippen molar-refractivity contribution in [3.05, 3.63) is 35.6 Å². The van der Waals surface area contributed by atoms with Gasteiger partial charge in [-0.15, -0.1) is 0 Å². The van der Waals surface area contributed by atoms with Crippen LogP contribution in [0.3, 0.4) is 0 Å². The molecular weight excluding hydrogens is 295 g/mol. The molecule has 1 aromatic rings. The van der Waals surface area contributed by atoms with Gasteiger partial charge in [0.25, 0.3) is 0 Å². The first-order chi connectivity index (χ1) is 11.0. The first-order valence-corrected chi connectivity index (χ1v) is 8.39. The first kappa shape index (κ1) is 17.9. The summed E-state index contributed by atoms with van der Waals surface area (Å²) in [6.07, 6.45) is 4.04. The molecule has 23 heavy (non-hydrogen) atoms. The Bertz CT molecular complexity index is 504. The van der Waals surface area contributed by atoms with Gasteiger partial charge in [0, 0.05) is 19.7 Å². The standard InChI is InChI=1S/C18H27FN2O2/c1-14(15-6-8-16(19)9-7-15)20(2)18(23)13-21-11-4-3-5-17(21)10-12-22/h6-9,14,17,22H,3-5,10-13H2,1-2H3/t14-,17-/m1/s1. The molecule has 1 heterocycles. The van der Waals surface area contributed by atoms with E-state index in [4.69, 9.17) is 0 Å². The number of amides is 1. The van der Waals surface area contributed by atoms with Crippen LogP contribution in [0.5, 0.6) is 0 Å². The number of nitrogens with zero attached hydrogens (tertiary/aromatic N) is 2. The Morgan fingerprint density at radius 2 is 2.09 bits per heavy atom. The second-order valence-electron chi connectivity index (χ2n) is 6.36. The SMILES string of the molecule is C[C@H](c1ccc(F)cc1)N(C)C(=O)CN1CCCC[C@@H]1CCO. The van der Waals surface area contributed by atoms with Crippen LogP contribution < -0.4 is 0 Å². The van der Waals surface area contributed by atoms with Crippen molar-refractivity contribution in [1.82, 2.24) is 9.80 Å². The van der Waals surface area contributed by atoms with Crippen molar-refractivity contribution in [3.8, 4) is 0 Å². The molecule has 1 aliphatic heterocycles. The quantitative estimate of drug-likeness (QED) is 0.875. The average molecular weight is 322 g/mol. The predicted octanol–water partition coefficient (Wildman–Crippen LogP) is 2.58. The minimum absolute atomic E-state index is 0.0617. The van der Waals surface area contributed by atoms with E-state index in [0.717, 1.165) is 37.8 Å². The van der Waals surface area contributed by atoms with Crippen molar-refractivity contribution in [3.63, 3.8) is 0 Å². The van der Waals surface area contributed by atoms with Crippen LogP contribution >= 0.6 is 0 Å². The number of carbonyl (C=O) groups excluding carboxylic acids is 1. The Balaban J connectivity index is 1.96. The number of halogens is 1. The van der Waals surface area contributed by atoms with Crippen LogP contribution in [0.25, 0.3) is 0 Å². The molecule has 128 valence electrons. The summed E-state index contributed by atoms with van der Waals surface area (Å²) >= 11 is 0. The summed E-state index contributed by atoms with van der Waals surface area (Å²) in [6.45, 7) is 3.41. The summed E-state index contributed by atoms with van der Waals surface area (Å²) in [5.74, 6) is -0.207. The van der Waals surface area contributed by atoms with E-state index in [2.05, 4.69) is 4.90 Å². The zero-order valence-electron chi connectivity index (χ0n) is 14.0. The summed E-state index contributed by atoms with van der Waals surface area (Å²) in [5.41, 5.74) is 0.924. The van der Waals surface area contributed by atoms with Gasteiger partial charge in [-0.2, -0.15) is 0 Å². The average Bonchev–Trinajstić information content (AvgIpc) is 2.56. The fraction of sp³-hybridized carbons (Fsp3) is 0.611. The van der Waals surface area contributed by atoms with Crippen LogP contribution in [-0.2, 0) is 4.79 Å². The van der Waals surface area contributed by atoms with Gasteiger partial charge in [-0.25, -0.2) is 4.39 Å². The van der Waals surface area contributed by atoms with Gasteiger partial charge in [-0.3, -0.25) is 9.69 Å². The van der Waals surface area contributed by atoms with Gasteiger partial charge in [0.15, 0.2) is 0 Å². The van der Waals surface area contributed by atoms with Crippen molar-refractivity contribution in [2.75, 3.05) is 26.7 Å². The molecule has 1 saturated heterocycles. The van der Waals surface area contributed by atoms with Crippen LogP contribution in [0.2, 0.25) is 0 Å². The molecule has 0 saturated carbocycles. The Morgan fingerprint density at radius 1 is 1.39 bits per heavy atom. The normalized spacial score (nSPS) is 20.3. The van der Waals surface area contributed by atoms with Crippen molar-refractivity contribution >= 4 is 5.91 Å². The predicted molar refractivity (Wildman–Crippen MR) is 88.5 cm³/mol. The highest BCUT2D eigenvalue weighted by Crippen LogP contribution is 2.22. The Morgan fingerprint density at radius 3 is 2.74 bits per heavy atom. The highest BCUT2D eigenvalue weighted by atomic mass is 19.1. The van der Waals surface area contributed by atoms with Gasteiger partial charge < -0.3 is 10.0 Å². The number of carbonyl (C=O) groups is 1. The van der Waals surface area contributed by atoms with Gasteiger partial charge in [0.1, 0.15) is 5.82 Å². The van der Waals surface area contributed by atoms with Gasteiger partial charge in [0.05, 0.1) is 12.6 Å². The number of aliphatic hydroxyl groups excluding tert-OH is 1. The monoisotopic (exact) mass is 322 g/mol. The maximum Gasteiger partial charge on any atom is 0.237 e. The van der Waals surface area contributed by atoms with E-state index >= 15 is 0 Å². The van der Waals surface area contributed by atoms with E-state index in [1.807, 2.05) is 6.92 Å². The maximum absolute atomic E-state index is 13.0. The molecular formula is C18H27FN2O2. The van der Waals surface area contributed by atoms with E-state index < -0.39 is 0 Å².